The molecule has 1 aromatic heterocycles. The smallest absolute Gasteiger partial charge is 0.270 e. The Labute approximate surface area is 198 Å². The molecule has 33 heavy (non-hydrogen) atoms. The highest BCUT2D eigenvalue weighted by atomic mass is 79.9. The van der Waals surface area contributed by atoms with Crippen LogP contribution in [-0.4, -0.2) is 16.2 Å². The molecule has 0 aliphatic heterocycles. The molecular formula is C25H18BrN5O2. The zero-order valence-electron chi connectivity index (χ0n) is 17.3. The van der Waals surface area contributed by atoms with E-state index in [1.807, 2.05) is 72.8 Å². The van der Waals surface area contributed by atoms with Gasteiger partial charge < -0.3 is 4.74 Å². The predicted octanol–water partition coefficient (Wildman–Crippen LogP) is 5.10. The molecule has 0 amide bonds. The quantitative estimate of drug-likeness (QED) is 0.272. The summed E-state index contributed by atoms with van der Waals surface area (Å²) in [4.78, 5) is 19.3. The van der Waals surface area contributed by atoms with E-state index in [2.05, 4.69) is 36.4 Å². The third-order valence-electron chi connectivity index (χ3n) is 4.65. The van der Waals surface area contributed by atoms with Crippen LogP contribution in [-0.2, 0) is 6.61 Å². The van der Waals surface area contributed by atoms with Crippen molar-refractivity contribution in [3.05, 3.63) is 110 Å². The standard InChI is InChI=1S/C25H18BrN5O2/c26-20-11-6-7-17(13-20)16-33-22-12-5-4-10-19(22)15-28-31-25-29-23(18-8-2-1-3-9-18)21(14-27)24(32)30-25/h1-13,15H,16H2,(H2,29,30,31,32). The van der Waals surface area contributed by atoms with Crippen molar-refractivity contribution in [3.63, 3.8) is 0 Å². The minimum Gasteiger partial charge on any atom is -0.488 e. The number of rotatable bonds is 7. The second-order valence-electron chi connectivity index (χ2n) is 6.94. The highest BCUT2D eigenvalue weighted by Gasteiger charge is 2.13. The Bertz CT molecular complexity index is 1390. The Balaban J connectivity index is 1.53. The van der Waals surface area contributed by atoms with E-state index in [9.17, 15) is 10.1 Å². The van der Waals surface area contributed by atoms with Gasteiger partial charge in [-0.3, -0.25) is 9.78 Å². The number of ether oxygens (including phenoxy) is 1. The number of H-pyrrole nitrogens is 1. The highest BCUT2D eigenvalue weighted by Crippen LogP contribution is 2.21. The Morgan fingerprint density at radius 3 is 2.67 bits per heavy atom. The average Bonchev–Trinajstić information content (AvgIpc) is 2.84. The van der Waals surface area contributed by atoms with Crippen molar-refractivity contribution in [2.75, 3.05) is 5.43 Å². The molecule has 0 radical (unpaired) electrons. The maximum Gasteiger partial charge on any atom is 0.270 e. The van der Waals surface area contributed by atoms with Crippen LogP contribution in [0.25, 0.3) is 11.3 Å². The van der Waals surface area contributed by atoms with Gasteiger partial charge in [-0.2, -0.15) is 10.4 Å². The molecule has 3 aromatic carbocycles. The fourth-order valence-corrected chi connectivity index (χ4v) is 3.55. The van der Waals surface area contributed by atoms with Gasteiger partial charge in [0.1, 0.15) is 24.0 Å². The fraction of sp³-hybridized carbons (Fsp3) is 0.0400. The number of hydrogen-bond donors (Lipinski definition) is 2. The highest BCUT2D eigenvalue weighted by molar-refractivity contribution is 9.10. The lowest BCUT2D eigenvalue weighted by molar-refractivity contribution is 0.305. The molecule has 0 saturated carbocycles. The molecule has 0 spiro atoms. The summed E-state index contributed by atoms with van der Waals surface area (Å²) in [6, 6.07) is 26.3. The molecule has 1 heterocycles. The molecule has 162 valence electrons. The molecule has 7 nitrogen and oxygen atoms in total. The van der Waals surface area contributed by atoms with Gasteiger partial charge >= 0.3 is 0 Å². The number of nitriles is 1. The van der Waals surface area contributed by atoms with E-state index in [0.717, 1.165) is 15.6 Å². The predicted molar refractivity (Wildman–Crippen MR) is 131 cm³/mol. The molecule has 0 unspecified atom stereocenters. The first kappa shape index (κ1) is 22.0. The number of nitrogens with zero attached hydrogens (tertiary/aromatic N) is 3. The molecule has 2 N–H and O–H groups in total. The lowest BCUT2D eigenvalue weighted by Gasteiger charge is -2.09. The van der Waals surface area contributed by atoms with Gasteiger partial charge in [0.15, 0.2) is 0 Å². The van der Waals surface area contributed by atoms with Crippen molar-refractivity contribution in [2.24, 2.45) is 5.10 Å². The van der Waals surface area contributed by atoms with E-state index in [4.69, 9.17) is 4.74 Å². The summed E-state index contributed by atoms with van der Waals surface area (Å²) in [5.74, 6) is 0.788. The number of hydrogen-bond acceptors (Lipinski definition) is 6. The summed E-state index contributed by atoms with van der Waals surface area (Å²) in [5, 5.41) is 13.6. The molecule has 0 atom stereocenters. The summed E-state index contributed by atoms with van der Waals surface area (Å²) >= 11 is 3.46. The van der Waals surface area contributed by atoms with Gasteiger partial charge in [0.05, 0.1) is 11.9 Å². The van der Waals surface area contributed by atoms with Crippen LogP contribution in [0, 0.1) is 11.3 Å². The van der Waals surface area contributed by atoms with E-state index in [1.165, 1.54) is 0 Å². The monoisotopic (exact) mass is 499 g/mol. The van der Waals surface area contributed by atoms with Crippen LogP contribution in [0.15, 0.2) is 93.2 Å². The van der Waals surface area contributed by atoms with Crippen molar-refractivity contribution in [3.8, 4) is 23.1 Å². The summed E-state index contributed by atoms with van der Waals surface area (Å²) < 4.78 is 6.95. The molecule has 0 aliphatic carbocycles. The van der Waals surface area contributed by atoms with E-state index in [1.54, 1.807) is 18.3 Å². The molecule has 4 rings (SSSR count). The Morgan fingerprint density at radius 2 is 1.88 bits per heavy atom. The molecule has 8 heteroatoms. The third-order valence-corrected chi connectivity index (χ3v) is 5.15. The molecule has 4 aromatic rings. The largest absolute Gasteiger partial charge is 0.488 e. The van der Waals surface area contributed by atoms with Gasteiger partial charge in [-0.05, 0) is 29.8 Å². The van der Waals surface area contributed by atoms with Crippen LogP contribution in [0.1, 0.15) is 16.7 Å². The van der Waals surface area contributed by atoms with Gasteiger partial charge in [-0.1, -0.05) is 70.5 Å². The summed E-state index contributed by atoms with van der Waals surface area (Å²) in [7, 11) is 0. The van der Waals surface area contributed by atoms with Crippen molar-refractivity contribution >= 4 is 28.1 Å². The molecule has 0 fully saturated rings. The normalized spacial score (nSPS) is 10.7. The van der Waals surface area contributed by atoms with Crippen LogP contribution in [0.5, 0.6) is 5.75 Å². The molecule has 0 aliphatic rings. The molecule has 0 saturated heterocycles. The van der Waals surface area contributed by atoms with E-state index >= 15 is 0 Å². The lowest BCUT2D eigenvalue weighted by Crippen LogP contribution is -2.16. The van der Waals surface area contributed by atoms with Crippen LogP contribution >= 0.6 is 15.9 Å². The Hall–Kier alpha value is -4.22. The number of aromatic nitrogens is 2. The summed E-state index contributed by atoms with van der Waals surface area (Å²) in [6.07, 6.45) is 1.58. The maximum absolute atomic E-state index is 12.4. The number of para-hydroxylation sites is 1. The number of nitrogens with one attached hydrogen (secondary N) is 2. The summed E-state index contributed by atoms with van der Waals surface area (Å²) in [6.45, 7) is 0.405. The van der Waals surface area contributed by atoms with Crippen molar-refractivity contribution in [2.45, 2.75) is 6.61 Å². The van der Waals surface area contributed by atoms with Gasteiger partial charge in [0, 0.05) is 15.6 Å². The molecular weight excluding hydrogens is 482 g/mol. The minimum absolute atomic E-state index is 0.0537. The van der Waals surface area contributed by atoms with Gasteiger partial charge in [-0.25, -0.2) is 10.4 Å². The first-order valence-electron chi connectivity index (χ1n) is 9.99. The Kier molecular flexibility index (Phi) is 6.93. The second-order valence-corrected chi connectivity index (χ2v) is 7.86. The van der Waals surface area contributed by atoms with Gasteiger partial charge in [0.25, 0.3) is 5.56 Å². The number of aromatic amines is 1. The zero-order chi connectivity index (χ0) is 23.0. The SMILES string of the molecule is N#Cc1c(-c2ccccc2)nc(NN=Cc2ccccc2OCc2cccc(Br)c2)[nH]c1=O. The van der Waals surface area contributed by atoms with Crippen LogP contribution in [0.2, 0.25) is 0 Å². The van der Waals surface area contributed by atoms with Crippen LogP contribution in [0.3, 0.4) is 0 Å². The van der Waals surface area contributed by atoms with E-state index in [-0.39, 0.29) is 17.2 Å². The van der Waals surface area contributed by atoms with Crippen molar-refractivity contribution in [1.82, 2.24) is 9.97 Å². The Morgan fingerprint density at radius 1 is 1.09 bits per heavy atom. The molecule has 0 bridgehead atoms. The van der Waals surface area contributed by atoms with Gasteiger partial charge in [0.2, 0.25) is 5.95 Å². The topological polar surface area (TPSA) is 103 Å². The van der Waals surface area contributed by atoms with Crippen LogP contribution in [0.4, 0.5) is 5.95 Å². The van der Waals surface area contributed by atoms with E-state index < -0.39 is 5.56 Å². The number of halogens is 1. The number of anilines is 1. The number of hydrazone groups is 1. The number of benzene rings is 3. The minimum atomic E-state index is -0.540. The van der Waals surface area contributed by atoms with Gasteiger partial charge in [-0.15, -0.1) is 0 Å². The first-order valence-corrected chi connectivity index (χ1v) is 10.8. The first-order chi connectivity index (χ1) is 16.1. The average molecular weight is 500 g/mol. The lowest BCUT2D eigenvalue weighted by atomic mass is 10.1. The zero-order valence-corrected chi connectivity index (χ0v) is 18.9. The summed E-state index contributed by atoms with van der Waals surface area (Å²) in [5.41, 5.74) is 4.88. The van der Waals surface area contributed by atoms with Crippen molar-refractivity contribution in [1.29, 1.82) is 5.26 Å². The van der Waals surface area contributed by atoms with Crippen molar-refractivity contribution < 1.29 is 4.74 Å². The fourth-order valence-electron chi connectivity index (χ4n) is 3.10. The third kappa shape index (κ3) is 5.53. The maximum atomic E-state index is 12.4. The van der Waals surface area contributed by atoms with Crippen LogP contribution < -0.4 is 15.7 Å². The van der Waals surface area contributed by atoms with E-state index in [0.29, 0.717) is 17.9 Å². The second kappa shape index (κ2) is 10.4.